The molecule has 0 radical (unpaired) electrons. The number of hydrogen-bond donors (Lipinski definition) is 0. The summed E-state index contributed by atoms with van der Waals surface area (Å²) in [6.07, 6.45) is 3.34. The second-order valence-electron chi connectivity index (χ2n) is 4.63. The topological polar surface area (TPSA) is 0 Å². The molecule has 0 saturated carbocycles. The van der Waals surface area contributed by atoms with Crippen molar-refractivity contribution in [2.45, 2.75) is 39.5 Å². The van der Waals surface area contributed by atoms with E-state index in [0.717, 1.165) is 6.08 Å². The standard InChI is InChI=1S/C10H16F2/c1-9(2,3)8-4-6-10(11,12)7-5-8/h4,6,8H,5,7H2,1-3H3. The third-order valence-corrected chi connectivity index (χ3v) is 2.47. The molecule has 0 aromatic carbocycles. The van der Waals surface area contributed by atoms with E-state index in [2.05, 4.69) is 20.8 Å². The van der Waals surface area contributed by atoms with Gasteiger partial charge in [-0.05, 0) is 23.8 Å². The summed E-state index contributed by atoms with van der Waals surface area (Å²) in [5.41, 5.74) is 0.118. The Kier molecular flexibility index (Phi) is 2.28. The van der Waals surface area contributed by atoms with Gasteiger partial charge in [0.1, 0.15) is 0 Å². The Morgan fingerprint density at radius 3 is 2.25 bits per heavy atom. The molecule has 0 saturated heterocycles. The van der Waals surface area contributed by atoms with Crippen LogP contribution in [0.15, 0.2) is 12.2 Å². The van der Waals surface area contributed by atoms with E-state index < -0.39 is 5.92 Å². The van der Waals surface area contributed by atoms with Gasteiger partial charge in [-0.15, -0.1) is 0 Å². The maximum Gasteiger partial charge on any atom is 0.266 e. The van der Waals surface area contributed by atoms with E-state index in [-0.39, 0.29) is 11.8 Å². The van der Waals surface area contributed by atoms with E-state index in [1.54, 1.807) is 6.08 Å². The second kappa shape index (κ2) is 2.82. The zero-order valence-corrected chi connectivity index (χ0v) is 7.90. The molecule has 1 atom stereocenters. The van der Waals surface area contributed by atoms with Gasteiger partial charge in [0.05, 0.1) is 0 Å². The highest BCUT2D eigenvalue weighted by atomic mass is 19.3. The number of rotatable bonds is 0. The molecule has 0 aliphatic heterocycles. The van der Waals surface area contributed by atoms with Crippen molar-refractivity contribution in [1.29, 1.82) is 0 Å². The monoisotopic (exact) mass is 174 g/mol. The SMILES string of the molecule is CC(C)(C)C1C=CC(F)(F)CC1. The van der Waals surface area contributed by atoms with E-state index in [9.17, 15) is 8.78 Å². The largest absolute Gasteiger partial charge is 0.266 e. The molecular weight excluding hydrogens is 158 g/mol. The van der Waals surface area contributed by atoms with Crippen LogP contribution in [0.25, 0.3) is 0 Å². The lowest BCUT2D eigenvalue weighted by molar-refractivity contribution is 0.0255. The molecule has 1 aliphatic rings. The summed E-state index contributed by atoms with van der Waals surface area (Å²) < 4.78 is 25.4. The van der Waals surface area contributed by atoms with Gasteiger partial charge in [0, 0.05) is 6.42 Å². The van der Waals surface area contributed by atoms with Crippen LogP contribution in [-0.2, 0) is 0 Å². The van der Waals surface area contributed by atoms with Crippen LogP contribution in [-0.4, -0.2) is 5.92 Å². The summed E-state index contributed by atoms with van der Waals surface area (Å²) >= 11 is 0. The number of allylic oxidation sites excluding steroid dienone is 2. The normalized spacial score (nSPS) is 28.9. The molecular formula is C10H16F2. The first kappa shape index (κ1) is 9.69. The average molecular weight is 174 g/mol. The van der Waals surface area contributed by atoms with Crippen molar-refractivity contribution in [3.63, 3.8) is 0 Å². The summed E-state index contributed by atoms with van der Waals surface area (Å²) in [5.74, 6) is -2.25. The average Bonchev–Trinajstić information content (AvgIpc) is 1.83. The molecule has 0 heterocycles. The Morgan fingerprint density at radius 2 is 1.92 bits per heavy atom. The van der Waals surface area contributed by atoms with Crippen molar-refractivity contribution < 1.29 is 8.78 Å². The number of alkyl halides is 2. The van der Waals surface area contributed by atoms with Crippen molar-refractivity contribution >= 4 is 0 Å². The number of halogens is 2. The zero-order chi connectivity index (χ0) is 9.41. The van der Waals surface area contributed by atoms with Crippen LogP contribution >= 0.6 is 0 Å². The molecule has 1 rings (SSSR count). The molecule has 0 amide bonds. The molecule has 0 aromatic heterocycles. The Labute approximate surface area is 72.7 Å². The van der Waals surface area contributed by atoms with Crippen molar-refractivity contribution in [3.8, 4) is 0 Å². The quantitative estimate of drug-likeness (QED) is 0.492. The van der Waals surface area contributed by atoms with Gasteiger partial charge in [-0.1, -0.05) is 26.8 Å². The van der Waals surface area contributed by atoms with E-state index in [1.807, 2.05) is 0 Å². The fraction of sp³-hybridized carbons (Fsp3) is 0.800. The van der Waals surface area contributed by atoms with Crippen LogP contribution in [0.5, 0.6) is 0 Å². The fourth-order valence-corrected chi connectivity index (χ4v) is 1.51. The van der Waals surface area contributed by atoms with Gasteiger partial charge in [0.15, 0.2) is 0 Å². The van der Waals surface area contributed by atoms with E-state index in [1.165, 1.54) is 0 Å². The smallest absolute Gasteiger partial charge is 0.202 e. The van der Waals surface area contributed by atoms with Crippen LogP contribution in [0.4, 0.5) is 8.78 Å². The fourth-order valence-electron chi connectivity index (χ4n) is 1.51. The van der Waals surface area contributed by atoms with Gasteiger partial charge in [-0.25, -0.2) is 8.78 Å². The molecule has 0 bridgehead atoms. The van der Waals surface area contributed by atoms with E-state index in [0.29, 0.717) is 12.3 Å². The van der Waals surface area contributed by atoms with Crippen molar-refractivity contribution in [3.05, 3.63) is 12.2 Å². The molecule has 0 nitrogen and oxygen atoms in total. The molecule has 0 spiro atoms. The lowest BCUT2D eigenvalue weighted by Gasteiger charge is -2.32. The van der Waals surface area contributed by atoms with Crippen LogP contribution in [0.1, 0.15) is 33.6 Å². The molecule has 0 aromatic rings. The molecule has 12 heavy (non-hydrogen) atoms. The molecule has 70 valence electrons. The molecule has 0 N–H and O–H groups in total. The lowest BCUT2D eigenvalue weighted by atomic mass is 9.75. The first-order valence-electron chi connectivity index (χ1n) is 4.38. The minimum atomic E-state index is -2.55. The van der Waals surface area contributed by atoms with Gasteiger partial charge in [0.2, 0.25) is 0 Å². The molecule has 0 fully saturated rings. The lowest BCUT2D eigenvalue weighted by Crippen LogP contribution is -2.26. The highest BCUT2D eigenvalue weighted by molar-refractivity contribution is 5.05. The summed E-state index contributed by atoms with van der Waals surface area (Å²) in [5, 5.41) is 0. The summed E-state index contributed by atoms with van der Waals surface area (Å²) in [6, 6.07) is 0. The molecule has 1 aliphatic carbocycles. The van der Waals surface area contributed by atoms with E-state index >= 15 is 0 Å². The van der Waals surface area contributed by atoms with Gasteiger partial charge in [-0.3, -0.25) is 0 Å². The summed E-state index contributed by atoms with van der Waals surface area (Å²) in [6.45, 7) is 6.27. The van der Waals surface area contributed by atoms with Gasteiger partial charge < -0.3 is 0 Å². The summed E-state index contributed by atoms with van der Waals surface area (Å²) in [4.78, 5) is 0. The minimum Gasteiger partial charge on any atom is -0.202 e. The zero-order valence-electron chi connectivity index (χ0n) is 7.90. The van der Waals surface area contributed by atoms with Crippen LogP contribution < -0.4 is 0 Å². The number of hydrogen-bond acceptors (Lipinski definition) is 0. The third kappa shape index (κ3) is 2.29. The Balaban J connectivity index is 2.67. The first-order chi connectivity index (χ1) is 5.31. The van der Waals surface area contributed by atoms with Crippen LogP contribution in [0, 0.1) is 11.3 Å². The van der Waals surface area contributed by atoms with Crippen LogP contribution in [0.2, 0.25) is 0 Å². The summed E-state index contributed by atoms with van der Waals surface area (Å²) in [7, 11) is 0. The van der Waals surface area contributed by atoms with Crippen molar-refractivity contribution in [1.82, 2.24) is 0 Å². The van der Waals surface area contributed by atoms with Gasteiger partial charge in [0.25, 0.3) is 5.92 Å². The Bertz CT molecular complexity index is 187. The highest BCUT2D eigenvalue weighted by Crippen LogP contribution is 2.38. The Hall–Kier alpha value is -0.400. The van der Waals surface area contributed by atoms with Gasteiger partial charge >= 0.3 is 0 Å². The second-order valence-corrected chi connectivity index (χ2v) is 4.63. The predicted molar refractivity (Wildman–Crippen MR) is 46.3 cm³/mol. The third-order valence-electron chi connectivity index (χ3n) is 2.47. The minimum absolute atomic E-state index is 0.00539. The van der Waals surface area contributed by atoms with Crippen LogP contribution in [0.3, 0.4) is 0 Å². The van der Waals surface area contributed by atoms with Crippen molar-refractivity contribution in [2.75, 3.05) is 0 Å². The predicted octanol–water partition coefficient (Wildman–Crippen LogP) is 3.63. The van der Waals surface area contributed by atoms with E-state index in [4.69, 9.17) is 0 Å². The maximum atomic E-state index is 12.7. The first-order valence-corrected chi connectivity index (χ1v) is 4.38. The molecule has 2 heteroatoms. The maximum absolute atomic E-state index is 12.7. The van der Waals surface area contributed by atoms with Gasteiger partial charge in [-0.2, -0.15) is 0 Å². The molecule has 1 unspecified atom stereocenters. The van der Waals surface area contributed by atoms with Crippen molar-refractivity contribution in [2.24, 2.45) is 11.3 Å². The highest BCUT2D eigenvalue weighted by Gasteiger charge is 2.34. The Morgan fingerprint density at radius 1 is 1.33 bits per heavy atom.